The molecule has 2 saturated heterocycles. The molecule has 1 atom stereocenters. The van der Waals surface area contributed by atoms with Gasteiger partial charge in [0.05, 0.1) is 23.8 Å². The number of carbonyl (C=O) groups excluding carboxylic acids is 2. The highest BCUT2D eigenvalue weighted by molar-refractivity contribution is 9.10. The molecule has 0 saturated carbocycles. The monoisotopic (exact) mass is 442 g/mol. The Kier molecular flexibility index (Phi) is 5.12. The Morgan fingerprint density at radius 1 is 1.00 bits per heavy atom. The molecule has 2 fully saturated rings. The van der Waals surface area contributed by atoms with Crippen LogP contribution < -0.4 is 4.90 Å². The van der Waals surface area contributed by atoms with Crippen molar-refractivity contribution in [2.24, 2.45) is 0 Å². The first-order valence-corrected chi connectivity index (χ1v) is 10.3. The topological polar surface area (TPSA) is 60.9 Å². The molecule has 4 rings (SSSR count). The molecule has 146 valence electrons. The third-order valence-corrected chi connectivity index (χ3v) is 6.39. The quantitative estimate of drug-likeness (QED) is 0.740. The molecule has 0 aromatic heterocycles. The van der Waals surface area contributed by atoms with Crippen LogP contribution in [0.3, 0.4) is 0 Å². The number of hydrogen-bond donors (Lipinski definition) is 1. The third-order valence-electron chi connectivity index (χ3n) is 5.86. The van der Waals surface area contributed by atoms with Crippen LogP contribution >= 0.6 is 15.9 Å². The number of amides is 2. The zero-order valence-electron chi connectivity index (χ0n) is 15.8. The van der Waals surface area contributed by atoms with Crippen molar-refractivity contribution in [1.29, 1.82) is 0 Å². The molecule has 2 aromatic rings. The van der Waals surface area contributed by atoms with Gasteiger partial charge in [-0.15, -0.1) is 0 Å². The van der Waals surface area contributed by atoms with Crippen molar-refractivity contribution < 1.29 is 14.7 Å². The molecular weight excluding hydrogens is 420 g/mol. The van der Waals surface area contributed by atoms with E-state index in [4.69, 9.17) is 0 Å². The van der Waals surface area contributed by atoms with E-state index in [1.807, 2.05) is 60.4 Å². The highest BCUT2D eigenvalue weighted by Crippen LogP contribution is 2.36. The second-order valence-corrected chi connectivity index (χ2v) is 8.61. The number of aliphatic hydroxyl groups is 1. The van der Waals surface area contributed by atoms with E-state index in [9.17, 15) is 14.7 Å². The van der Waals surface area contributed by atoms with Crippen molar-refractivity contribution in [2.45, 2.75) is 37.8 Å². The number of carbonyl (C=O) groups is 2. The Morgan fingerprint density at radius 3 is 2.21 bits per heavy atom. The molecule has 0 bridgehead atoms. The molecule has 6 heteroatoms. The third kappa shape index (κ3) is 3.52. The minimum atomic E-state index is -0.889. The Labute approximate surface area is 173 Å². The zero-order valence-corrected chi connectivity index (χ0v) is 17.4. The smallest absolute Gasteiger partial charge is 0.251 e. The van der Waals surface area contributed by atoms with E-state index in [0.29, 0.717) is 31.6 Å². The van der Waals surface area contributed by atoms with Crippen LogP contribution in [0.25, 0.3) is 0 Å². The predicted octanol–water partition coefficient (Wildman–Crippen LogP) is 3.37. The van der Waals surface area contributed by atoms with Crippen molar-refractivity contribution >= 4 is 33.4 Å². The summed E-state index contributed by atoms with van der Waals surface area (Å²) < 4.78 is 0.976. The molecule has 2 aliphatic rings. The first-order chi connectivity index (χ1) is 13.4. The maximum atomic E-state index is 13.0. The fourth-order valence-corrected chi connectivity index (χ4v) is 4.39. The van der Waals surface area contributed by atoms with Gasteiger partial charge in [0.25, 0.3) is 5.91 Å². The van der Waals surface area contributed by atoms with Crippen LogP contribution in [0, 0.1) is 6.92 Å². The van der Waals surface area contributed by atoms with E-state index >= 15 is 0 Å². The van der Waals surface area contributed by atoms with Gasteiger partial charge in [-0.3, -0.25) is 14.5 Å². The van der Waals surface area contributed by atoms with Gasteiger partial charge in [-0.1, -0.05) is 45.8 Å². The van der Waals surface area contributed by atoms with Crippen LogP contribution in [0.4, 0.5) is 5.69 Å². The largest absolute Gasteiger partial charge is 0.385 e. The second-order valence-electron chi connectivity index (χ2n) is 7.70. The highest BCUT2D eigenvalue weighted by Gasteiger charge is 2.45. The van der Waals surface area contributed by atoms with Crippen LogP contribution in [0.2, 0.25) is 0 Å². The van der Waals surface area contributed by atoms with E-state index in [1.54, 1.807) is 0 Å². The number of aryl methyl sites for hydroxylation is 1. The van der Waals surface area contributed by atoms with Gasteiger partial charge < -0.3 is 5.11 Å². The summed E-state index contributed by atoms with van der Waals surface area (Å²) in [5, 5.41) is 11.1. The number of hydrogen-bond acceptors (Lipinski definition) is 4. The first kappa shape index (κ1) is 19.3. The lowest BCUT2D eigenvalue weighted by molar-refractivity contribution is -0.124. The highest BCUT2D eigenvalue weighted by atomic mass is 79.9. The Hall–Kier alpha value is -2.02. The van der Waals surface area contributed by atoms with Crippen LogP contribution in [-0.4, -0.2) is 41.0 Å². The molecule has 5 nitrogen and oxygen atoms in total. The summed E-state index contributed by atoms with van der Waals surface area (Å²) in [5.41, 5.74) is 1.72. The Morgan fingerprint density at radius 2 is 1.61 bits per heavy atom. The number of piperidine rings is 1. The van der Waals surface area contributed by atoms with Crippen molar-refractivity contribution in [3.63, 3.8) is 0 Å². The van der Waals surface area contributed by atoms with Crippen LogP contribution in [0.1, 0.15) is 30.4 Å². The molecular formula is C22H23BrN2O3. The maximum Gasteiger partial charge on any atom is 0.251 e. The minimum Gasteiger partial charge on any atom is -0.385 e. The number of nitrogens with zero attached hydrogens (tertiary/aromatic N) is 2. The summed E-state index contributed by atoms with van der Waals surface area (Å²) >= 11 is 3.42. The molecule has 0 aliphatic carbocycles. The zero-order chi connectivity index (χ0) is 19.9. The van der Waals surface area contributed by atoms with E-state index in [1.165, 1.54) is 4.90 Å². The van der Waals surface area contributed by atoms with Gasteiger partial charge >= 0.3 is 0 Å². The van der Waals surface area contributed by atoms with Gasteiger partial charge in [-0.2, -0.15) is 0 Å². The fourth-order valence-electron chi connectivity index (χ4n) is 4.12. The van der Waals surface area contributed by atoms with Gasteiger partial charge in [0.15, 0.2) is 0 Å². The van der Waals surface area contributed by atoms with Crippen molar-refractivity contribution in [2.75, 3.05) is 18.0 Å². The number of rotatable bonds is 3. The van der Waals surface area contributed by atoms with Gasteiger partial charge in [0, 0.05) is 17.6 Å². The van der Waals surface area contributed by atoms with Gasteiger partial charge in [-0.25, -0.2) is 4.90 Å². The van der Waals surface area contributed by atoms with E-state index in [0.717, 1.165) is 15.6 Å². The fraction of sp³-hybridized carbons (Fsp3) is 0.364. The second kappa shape index (κ2) is 7.43. The number of halogens is 1. The number of likely N-dealkylation sites (tertiary alicyclic amines) is 1. The van der Waals surface area contributed by atoms with E-state index in [-0.39, 0.29) is 18.2 Å². The predicted molar refractivity (Wildman–Crippen MR) is 111 cm³/mol. The normalized spacial score (nSPS) is 22.7. The van der Waals surface area contributed by atoms with Crippen LogP contribution in [-0.2, 0) is 15.2 Å². The van der Waals surface area contributed by atoms with Crippen LogP contribution in [0.5, 0.6) is 0 Å². The molecule has 1 N–H and O–H groups in total. The van der Waals surface area contributed by atoms with Crippen LogP contribution in [0.15, 0.2) is 53.0 Å². The number of anilines is 1. The maximum absolute atomic E-state index is 13.0. The minimum absolute atomic E-state index is 0.160. The molecule has 2 aliphatic heterocycles. The number of imide groups is 1. The lowest BCUT2D eigenvalue weighted by Gasteiger charge is -2.40. The Balaban J connectivity index is 1.46. The summed E-state index contributed by atoms with van der Waals surface area (Å²) in [6.45, 7) is 3.14. The van der Waals surface area contributed by atoms with Crippen molar-refractivity contribution in [3.05, 3.63) is 64.1 Å². The summed E-state index contributed by atoms with van der Waals surface area (Å²) in [6.07, 6.45) is 1.28. The standard InChI is InChI=1S/C22H23BrN2O3/c1-15-2-8-18(9-3-15)25-20(26)14-19(21(25)27)24-12-10-22(28,11-13-24)16-4-6-17(23)7-5-16/h2-9,19,28H,10-14H2,1H3/t19-/m1/s1. The summed E-state index contributed by atoms with van der Waals surface area (Å²) in [6, 6.07) is 14.7. The van der Waals surface area contributed by atoms with Gasteiger partial charge in [0.2, 0.25) is 5.91 Å². The molecule has 0 radical (unpaired) electrons. The van der Waals surface area contributed by atoms with Gasteiger partial charge in [0.1, 0.15) is 0 Å². The molecule has 0 spiro atoms. The van der Waals surface area contributed by atoms with Crippen molar-refractivity contribution in [3.8, 4) is 0 Å². The molecule has 28 heavy (non-hydrogen) atoms. The SMILES string of the molecule is Cc1ccc(N2C(=O)C[C@@H](N3CCC(O)(c4ccc(Br)cc4)CC3)C2=O)cc1. The Bertz CT molecular complexity index is 887. The lowest BCUT2D eigenvalue weighted by Crippen LogP contribution is -2.49. The average molecular weight is 443 g/mol. The average Bonchev–Trinajstić information content (AvgIpc) is 2.98. The number of benzene rings is 2. The molecule has 0 unspecified atom stereocenters. The molecule has 2 heterocycles. The van der Waals surface area contributed by atoms with Gasteiger partial charge in [-0.05, 0) is 49.6 Å². The van der Waals surface area contributed by atoms with E-state index in [2.05, 4.69) is 15.9 Å². The lowest BCUT2D eigenvalue weighted by atomic mass is 9.84. The molecule has 2 amide bonds. The summed E-state index contributed by atoms with van der Waals surface area (Å²) in [5.74, 6) is -0.324. The molecule has 2 aromatic carbocycles. The summed E-state index contributed by atoms with van der Waals surface area (Å²) in [7, 11) is 0. The van der Waals surface area contributed by atoms with Crippen molar-refractivity contribution in [1.82, 2.24) is 4.90 Å². The summed E-state index contributed by atoms with van der Waals surface area (Å²) in [4.78, 5) is 28.8. The first-order valence-electron chi connectivity index (χ1n) is 9.53. The van der Waals surface area contributed by atoms with E-state index < -0.39 is 11.6 Å².